The molecule has 0 aromatic carbocycles. The highest BCUT2D eigenvalue weighted by Crippen LogP contribution is 2.36. The summed E-state index contributed by atoms with van der Waals surface area (Å²) in [5.74, 6) is 0. The molecule has 0 fully saturated rings. The minimum Gasteiger partial charge on any atom is -0.416 e. The van der Waals surface area contributed by atoms with Crippen LogP contribution in [0.4, 0.5) is 0 Å². The number of fused-ring (bicyclic) bond motifs is 1. The largest absolute Gasteiger partial charge is 0.416 e. The third kappa shape index (κ3) is 6.15. The molecular formula is C26H42N4O2Si. The molecule has 1 N–H and O–H groups in total. The first kappa shape index (κ1) is 25.7. The Morgan fingerprint density at radius 1 is 1.12 bits per heavy atom. The molecule has 0 aliphatic rings. The van der Waals surface area contributed by atoms with E-state index >= 15 is 0 Å². The monoisotopic (exact) mass is 470 g/mol. The fraction of sp³-hybridized carbons (Fsp3) is 0.577. The zero-order chi connectivity index (χ0) is 24.2. The second kappa shape index (κ2) is 10.6. The summed E-state index contributed by atoms with van der Waals surface area (Å²) in [6.45, 7) is 20.1. The maximum atomic E-state index is 10.3. The number of aromatic nitrogens is 3. The van der Waals surface area contributed by atoms with Crippen molar-refractivity contribution in [2.24, 2.45) is 0 Å². The van der Waals surface area contributed by atoms with E-state index < -0.39 is 14.4 Å². The van der Waals surface area contributed by atoms with E-state index in [1.165, 1.54) is 0 Å². The van der Waals surface area contributed by atoms with Gasteiger partial charge in [-0.05, 0) is 62.3 Å². The van der Waals surface area contributed by atoms with Crippen LogP contribution >= 0.6 is 0 Å². The van der Waals surface area contributed by atoms with Gasteiger partial charge in [-0.25, -0.2) is 0 Å². The number of hydrogen-bond donors (Lipinski definition) is 1. The molecule has 0 aliphatic carbocycles. The first-order valence-corrected chi connectivity index (χ1v) is 15.1. The highest BCUT2D eigenvalue weighted by molar-refractivity contribution is 6.74. The second-order valence-corrected chi connectivity index (χ2v) is 15.3. The van der Waals surface area contributed by atoms with Crippen LogP contribution in [0.25, 0.3) is 16.9 Å². The number of rotatable bonds is 11. The van der Waals surface area contributed by atoms with Crippen molar-refractivity contribution < 1.29 is 9.53 Å². The molecule has 3 heterocycles. The van der Waals surface area contributed by atoms with Crippen molar-refractivity contribution in [3.63, 3.8) is 0 Å². The first-order valence-electron chi connectivity index (χ1n) is 12.2. The maximum Gasteiger partial charge on any atom is 0.192 e. The normalized spacial score (nSPS) is 13.8. The molecule has 182 valence electrons. The minimum atomic E-state index is -1.71. The summed E-state index contributed by atoms with van der Waals surface area (Å²) in [5, 5.41) is 15.4. The molecule has 3 aromatic heterocycles. The molecule has 1 atom stereocenters. The molecule has 0 saturated heterocycles. The summed E-state index contributed by atoms with van der Waals surface area (Å²) in [6.07, 6.45) is 4.64. The van der Waals surface area contributed by atoms with E-state index in [2.05, 4.69) is 56.2 Å². The van der Waals surface area contributed by atoms with Gasteiger partial charge in [0.15, 0.2) is 8.32 Å². The van der Waals surface area contributed by atoms with Crippen LogP contribution < -0.4 is 0 Å². The lowest BCUT2D eigenvalue weighted by Crippen LogP contribution is -2.43. The third-order valence-corrected chi connectivity index (χ3v) is 11.4. The van der Waals surface area contributed by atoms with Gasteiger partial charge >= 0.3 is 0 Å². The summed E-state index contributed by atoms with van der Waals surface area (Å²) in [4.78, 5) is 2.47. The molecule has 0 aliphatic heterocycles. The van der Waals surface area contributed by atoms with E-state index in [1.54, 1.807) is 0 Å². The number of hydrogen-bond acceptors (Lipinski definition) is 4. The van der Waals surface area contributed by atoms with Gasteiger partial charge in [0.05, 0.1) is 18.3 Å². The Labute approximate surface area is 200 Å². The van der Waals surface area contributed by atoms with Crippen LogP contribution in [0, 0.1) is 0 Å². The van der Waals surface area contributed by atoms with E-state index in [4.69, 9.17) is 9.52 Å². The molecule has 0 saturated carbocycles. The van der Waals surface area contributed by atoms with Gasteiger partial charge in [-0.3, -0.25) is 9.58 Å². The molecule has 33 heavy (non-hydrogen) atoms. The predicted octanol–water partition coefficient (Wildman–Crippen LogP) is 5.59. The summed E-state index contributed by atoms with van der Waals surface area (Å²) in [7, 11) is -1.71. The van der Waals surface area contributed by atoms with Crippen LogP contribution in [0.1, 0.15) is 52.7 Å². The molecule has 0 radical (unpaired) electrons. The Balaban J connectivity index is 1.66. The van der Waals surface area contributed by atoms with E-state index in [0.29, 0.717) is 0 Å². The number of pyridine rings is 1. The van der Waals surface area contributed by atoms with Crippen LogP contribution in [-0.2, 0) is 11.0 Å². The van der Waals surface area contributed by atoms with E-state index in [1.807, 2.05) is 48.3 Å². The summed E-state index contributed by atoms with van der Waals surface area (Å²) < 4.78 is 10.5. The van der Waals surface area contributed by atoms with E-state index in [0.717, 1.165) is 61.7 Å². The molecule has 0 amide bonds. The predicted molar refractivity (Wildman–Crippen MR) is 139 cm³/mol. The Morgan fingerprint density at radius 2 is 1.88 bits per heavy atom. The smallest absolute Gasteiger partial charge is 0.192 e. The molecule has 0 spiro atoms. The fourth-order valence-corrected chi connectivity index (χ4v) is 4.92. The number of aliphatic hydroxyl groups excluding tert-OH is 1. The molecule has 7 heteroatoms. The van der Waals surface area contributed by atoms with Gasteiger partial charge in [0, 0.05) is 43.2 Å². The quantitative estimate of drug-likeness (QED) is 0.371. The first-order chi connectivity index (χ1) is 15.5. The lowest BCUT2D eigenvalue weighted by molar-refractivity contribution is 0.191. The van der Waals surface area contributed by atoms with Gasteiger partial charge in [0.25, 0.3) is 0 Å². The standard InChI is InChI=1S/C26H42N4O2Si/c1-8-13-28(18-19-32-33(6,7)26(3,4)5)16-17-29-15-12-24(27-29)25-23(21(2)31)20-22-11-9-10-14-30(22)25/h9-12,14-15,20-21,31H,8,13,16-19H2,1-7H3. The van der Waals surface area contributed by atoms with Crippen LogP contribution in [0.3, 0.4) is 0 Å². The van der Waals surface area contributed by atoms with Crippen molar-refractivity contribution >= 4 is 13.8 Å². The SMILES string of the molecule is CCCN(CCO[Si](C)(C)C(C)(C)C)CCn1ccc(-c2c(C(C)O)cc3ccccn23)n1. The highest BCUT2D eigenvalue weighted by atomic mass is 28.4. The van der Waals surface area contributed by atoms with Crippen LogP contribution in [-0.4, -0.2) is 58.7 Å². The molecule has 3 aromatic rings. The van der Waals surface area contributed by atoms with Gasteiger partial charge in [-0.2, -0.15) is 5.10 Å². The van der Waals surface area contributed by atoms with Gasteiger partial charge in [0.2, 0.25) is 0 Å². The molecular weight excluding hydrogens is 428 g/mol. The van der Waals surface area contributed by atoms with E-state index in [9.17, 15) is 5.11 Å². The minimum absolute atomic E-state index is 0.238. The third-order valence-electron chi connectivity index (χ3n) is 6.90. The average molecular weight is 471 g/mol. The summed E-state index contributed by atoms with van der Waals surface area (Å²) >= 11 is 0. The Kier molecular flexibility index (Phi) is 8.21. The molecule has 6 nitrogen and oxygen atoms in total. The van der Waals surface area contributed by atoms with Crippen molar-refractivity contribution in [2.75, 3.05) is 26.2 Å². The second-order valence-electron chi connectivity index (χ2n) is 10.5. The van der Waals surface area contributed by atoms with Crippen LogP contribution in [0.5, 0.6) is 0 Å². The zero-order valence-corrected chi connectivity index (χ0v) is 22.5. The molecule has 0 bridgehead atoms. The lowest BCUT2D eigenvalue weighted by atomic mass is 10.1. The van der Waals surface area contributed by atoms with Gasteiger partial charge in [-0.1, -0.05) is 33.8 Å². The van der Waals surface area contributed by atoms with Gasteiger partial charge < -0.3 is 13.9 Å². The maximum absolute atomic E-state index is 10.3. The summed E-state index contributed by atoms with van der Waals surface area (Å²) in [5.41, 5.74) is 3.82. The number of nitrogens with zero attached hydrogens (tertiary/aromatic N) is 4. The van der Waals surface area contributed by atoms with Crippen LogP contribution in [0.2, 0.25) is 18.1 Å². The average Bonchev–Trinajstić information content (AvgIpc) is 3.35. The fourth-order valence-electron chi connectivity index (χ4n) is 3.89. The van der Waals surface area contributed by atoms with Crippen LogP contribution in [0.15, 0.2) is 42.7 Å². The van der Waals surface area contributed by atoms with Crippen molar-refractivity contribution in [1.82, 2.24) is 19.1 Å². The van der Waals surface area contributed by atoms with E-state index in [-0.39, 0.29) is 5.04 Å². The van der Waals surface area contributed by atoms with Gasteiger partial charge in [0.1, 0.15) is 5.69 Å². The van der Waals surface area contributed by atoms with Crippen molar-refractivity contribution in [3.05, 3.63) is 48.3 Å². The van der Waals surface area contributed by atoms with Crippen molar-refractivity contribution in [2.45, 2.75) is 71.8 Å². The topological polar surface area (TPSA) is 54.9 Å². The number of aliphatic hydroxyl groups is 1. The van der Waals surface area contributed by atoms with Crippen molar-refractivity contribution in [1.29, 1.82) is 0 Å². The lowest BCUT2D eigenvalue weighted by Gasteiger charge is -2.36. The molecule has 1 unspecified atom stereocenters. The molecule has 3 rings (SSSR count). The Hall–Kier alpha value is -1.93. The Bertz CT molecular complexity index is 1030. The Morgan fingerprint density at radius 3 is 2.55 bits per heavy atom. The summed E-state index contributed by atoms with van der Waals surface area (Å²) in [6, 6.07) is 10.2. The van der Waals surface area contributed by atoms with Gasteiger partial charge in [-0.15, -0.1) is 0 Å². The zero-order valence-electron chi connectivity index (χ0n) is 21.5. The van der Waals surface area contributed by atoms with Crippen molar-refractivity contribution in [3.8, 4) is 11.4 Å². The highest BCUT2D eigenvalue weighted by Gasteiger charge is 2.36.